The predicted molar refractivity (Wildman–Crippen MR) is 64.1 cm³/mol. The van der Waals surface area contributed by atoms with Crippen molar-refractivity contribution in [2.24, 2.45) is 0 Å². The van der Waals surface area contributed by atoms with Gasteiger partial charge in [-0.25, -0.2) is 4.79 Å². The van der Waals surface area contributed by atoms with Crippen molar-refractivity contribution in [3.05, 3.63) is 35.6 Å². The number of phenolic OH excluding ortho intramolecular Hbond substituents is 1. The number of hydrogen-bond acceptors (Lipinski definition) is 4. The van der Waals surface area contributed by atoms with Crippen molar-refractivity contribution in [1.29, 1.82) is 0 Å². The SMILES string of the molecule is CCCOC(=O)C=COc1ccc(Cl)cc1O. The lowest BCUT2D eigenvalue weighted by Crippen LogP contribution is -2.01. The van der Waals surface area contributed by atoms with Crippen LogP contribution in [-0.4, -0.2) is 17.7 Å². The Morgan fingerprint density at radius 1 is 1.53 bits per heavy atom. The third kappa shape index (κ3) is 4.78. The molecule has 0 aliphatic heterocycles. The van der Waals surface area contributed by atoms with Gasteiger partial charge in [0.15, 0.2) is 11.5 Å². The molecule has 1 aromatic carbocycles. The Kier molecular flexibility index (Phi) is 5.36. The number of aromatic hydroxyl groups is 1. The third-order valence-electron chi connectivity index (χ3n) is 1.77. The van der Waals surface area contributed by atoms with E-state index in [1.54, 1.807) is 6.07 Å². The summed E-state index contributed by atoms with van der Waals surface area (Å²) < 4.78 is 9.84. The van der Waals surface area contributed by atoms with Crippen molar-refractivity contribution in [2.75, 3.05) is 6.61 Å². The molecule has 1 N–H and O–H groups in total. The molecule has 0 aliphatic rings. The van der Waals surface area contributed by atoms with Crippen molar-refractivity contribution in [2.45, 2.75) is 13.3 Å². The van der Waals surface area contributed by atoms with Crippen LogP contribution in [0.15, 0.2) is 30.5 Å². The molecule has 0 spiro atoms. The van der Waals surface area contributed by atoms with E-state index in [0.717, 1.165) is 18.8 Å². The number of hydrogen-bond donors (Lipinski definition) is 1. The third-order valence-corrected chi connectivity index (χ3v) is 2.00. The Balaban J connectivity index is 2.49. The molecule has 0 fully saturated rings. The van der Waals surface area contributed by atoms with Crippen molar-refractivity contribution in [3.8, 4) is 11.5 Å². The van der Waals surface area contributed by atoms with Gasteiger partial charge in [0, 0.05) is 11.1 Å². The van der Waals surface area contributed by atoms with Crippen LogP contribution in [0.3, 0.4) is 0 Å². The van der Waals surface area contributed by atoms with Gasteiger partial charge in [0.2, 0.25) is 0 Å². The number of ether oxygens (including phenoxy) is 2. The number of esters is 1. The smallest absolute Gasteiger partial charge is 0.333 e. The molecule has 0 aliphatic carbocycles. The summed E-state index contributed by atoms with van der Waals surface area (Å²) in [6.07, 6.45) is 3.06. The minimum absolute atomic E-state index is 0.0934. The van der Waals surface area contributed by atoms with E-state index in [0.29, 0.717) is 11.6 Å². The summed E-state index contributed by atoms with van der Waals surface area (Å²) >= 11 is 5.65. The average molecular weight is 257 g/mol. The number of carbonyl (C=O) groups is 1. The first-order chi connectivity index (χ1) is 8.13. The molecule has 0 atom stereocenters. The second kappa shape index (κ2) is 6.81. The van der Waals surface area contributed by atoms with Crippen LogP contribution in [0.5, 0.6) is 11.5 Å². The van der Waals surface area contributed by atoms with Crippen molar-refractivity contribution >= 4 is 17.6 Å². The molecule has 1 rings (SSSR count). The monoisotopic (exact) mass is 256 g/mol. The van der Waals surface area contributed by atoms with E-state index in [9.17, 15) is 9.90 Å². The van der Waals surface area contributed by atoms with Crippen molar-refractivity contribution in [3.63, 3.8) is 0 Å². The summed E-state index contributed by atoms with van der Waals surface area (Å²) in [5.41, 5.74) is 0. The zero-order valence-corrected chi connectivity index (χ0v) is 10.1. The molecule has 1 aromatic rings. The van der Waals surface area contributed by atoms with Crippen LogP contribution in [0.4, 0.5) is 0 Å². The van der Waals surface area contributed by atoms with E-state index in [4.69, 9.17) is 21.1 Å². The molecule has 0 saturated heterocycles. The van der Waals surface area contributed by atoms with Crippen LogP contribution < -0.4 is 4.74 Å². The molecule has 0 saturated carbocycles. The molecule has 92 valence electrons. The Morgan fingerprint density at radius 2 is 2.29 bits per heavy atom. The Bertz CT molecular complexity index is 415. The van der Waals surface area contributed by atoms with E-state index in [2.05, 4.69) is 0 Å². The number of benzene rings is 1. The molecule has 0 unspecified atom stereocenters. The van der Waals surface area contributed by atoms with Gasteiger partial charge in [-0.2, -0.15) is 0 Å². The highest BCUT2D eigenvalue weighted by molar-refractivity contribution is 6.30. The Morgan fingerprint density at radius 3 is 2.94 bits per heavy atom. The maximum Gasteiger partial charge on any atom is 0.333 e. The summed E-state index contributed by atoms with van der Waals surface area (Å²) in [6, 6.07) is 4.42. The van der Waals surface area contributed by atoms with Crippen LogP contribution in [0.1, 0.15) is 13.3 Å². The van der Waals surface area contributed by atoms with E-state index < -0.39 is 5.97 Å². The predicted octanol–water partition coefficient (Wildman–Crippen LogP) is 2.89. The molecule has 0 radical (unpaired) electrons. The Hall–Kier alpha value is -1.68. The molecule has 17 heavy (non-hydrogen) atoms. The largest absolute Gasteiger partial charge is 0.504 e. The van der Waals surface area contributed by atoms with Crippen LogP contribution in [0.2, 0.25) is 5.02 Å². The summed E-state index contributed by atoms with van der Waals surface area (Å²) in [5.74, 6) is -0.363. The van der Waals surface area contributed by atoms with Crippen LogP contribution >= 0.6 is 11.6 Å². The van der Waals surface area contributed by atoms with Gasteiger partial charge in [-0.05, 0) is 18.6 Å². The molecular weight excluding hydrogens is 244 g/mol. The molecular formula is C12H13ClO4. The van der Waals surface area contributed by atoms with Gasteiger partial charge in [0.05, 0.1) is 18.9 Å². The molecule has 0 bridgehead atoms. The summed E-state index contributed by atoms with van der Waals surface area (Å²) in [5, 5.41) is 9.84. The number of phenols is 1. The number of halogens is 1. The van der Waals surface area contributed by atoms with Gasteiger partial charge in [0.25, 0.3) is 0 Å². The van der Waals surface area contributed by atoms with E-state index in [1.165, 1.54) is 12.1 Å². The van der Waals surface area contributed by atoms with E-state index in [-0.39, 0.29) is 11.5 Å². The van der Waals surface area contributed by atoms with E-state index >= 15 is 0 Å². The van der Waals surface area contributed by atoms with Gasteiger partial charge in [-0.1, -0.05) is 18.5 Å². The minimum atomic E-state index is -0.486. The highest BCUT2D eigenvalue weighted by Crippen LogP contribution is 2.28. The quantitative estimate of drug-likeness (QED) is 0.500. The molecule has 0 heterocycles. The van der Waals surface area contributed by atoms with E-state index in [1.807, 2.05) is 6.92 Å². The first-order valence-electron chi connectivity index (χ1n) is 5.12. The van der Waals surface area contributed by atoms with Crippen LogP contribution in [-0.2, 0) is 9.53 Å². The fourth-order valence-corrected chi connectivity index (χ4v) is 1.17. The maximum atomic E-state index is 11.1. The van der Waals surface area contributed by atoms with Crippen molar-refractivity contribution < 1.29 is 19.4 Å². The lowest BCUT2D eigenvalue weighted by Gasteiger charge is -2.03. The standard InChI is InChI=1S/C12H13ClO4/c1-2-6-17-12(15)5-7-16-11-4-3-9(13)8-10(11)14/h3-5,7-8,14H,2,6H2,1H3. The van der Waals surface area contributed by atoms with Gasteiger partial charge in [-0.3, -0.25) is 0 Å². The second-order valence-electron chi connectivity index (χ2n) is 3.20. The molecule has 4 nitrogen and oxygen atoms in total. The lowest BCUT2D eigenvalue weighted by atomic mass is 10.3. The summed E-state index contributed by atoms with van der Waals surface area (Å²) in [7, 11) is 0. The maximum absolute atomic E-state index is 11.1. The minimum Gasteiger partial charge on any atom is -0.504 e. The number of carbonyl (C=O) groups excluding carboxylic acids is 1. The summed E-state index contributed by atoms with van der Waals surface area (Å²) in [4.78, 5) is 11.1. The normalized spacial score (nSPS) is 10.5. The van der Waals surface area contributed by atoms with Crippen LogP contribution in [0.25, 0.3) is 0 Å². The second-order valence-corrected chi connectivity index (χ2v) is 3.64. The highest BCUT2D eigenvalue weighted by atomic mass is 35.5. The molecule has 0 aromatic heterocycles. The highest BCUT2D eigenvalue weighted by Gasteiger charge is 2.01. The van der Waals surface area contributed by atoms with Gasteiger partial charge in [0.1, 0.15) is 0 Å². The van der Waals surface area contributed by atoms with Crippen LogP contribution in [0, 0.1) is 0 Å². The first kappa shape index (κ1) is 13.4. The molecule has 0 amide bonds. The molecule has 5 heteroatoms. The van der Waals surface area contributed by atoms with Gasteiger partial charge in [-0.15, -0.1) is 0 Å². The average Bonchev–Trinajstić information content (AvgIpc) is 2.29. The Labute approximate surface area is 104 Å². The zero-order chi connectivity index (χ0) is 12.7. The topological polar surface area (TPSA) is 55.8 Å². The van der Waals surface area contributed by atoms with Gasteiger partial charge >= 0.3 is 5.97 Å². The lowest BCUT2D eigenvalue weighted by molar-refractivity contribution is -0.137. The first-order valence-corrected chi connectivity index (χ1v) is 5.49. The fourth-order valence-electron chi connectivity index (χ4n) is 1.00. The number of rotatable bonds is 5. The van der Waals surface area contributed by atoms with Gasteiger partial charge < -0.3 is 14.6 Å². The van der Waals surface area contributed by atoms with Crippen molar-refractivity contribution in [1.82, 2.24) is 0 Å². The summed E-state index contributed by atoms with van der Waals surface area (Å²) in [6.45, 7) is 2.27. The zero-order valence-electron chi connectivity index (χ0n) is 9.35. The fraction of sp³-hybridized carbons (Fsp3) is 0.250.